The fourth-order valence-corrected chi connectivity index (χ4v) is 5.66. The van der Waals surface area contributed by atoms with Crippen molar-refractivity contribution in [3.63, 3.8) is 0 Å². The Morgan fingerprint density at radius 3 is 2.68 bits per heavy atom. The summed E-state index contributed by atoms with van der Waals surface area (Å²) >= 11 is 0. The first kappa shape index (κ1) is 25.2. The maximum Gasteiger partial charge on any atom is 0.296 e. The Morgan fingerprint density at radius 2 is 1.92 bits per heavy atom. The lowest BCUT2D eigenvalue weighted by molar-refractivity contribution is 0.158. The van der Waals surface area contributed by atoms with Crippen LogP contribution in [0.4, 0.5) is 5.82 Å². The van der Waals surface area contributed by atoms with Gasteiger partial charge in [0, 0.05) is 23.9 Å². The van der Waals surface area contributed by atoms with E-state index >= 15 is 0 Å². The Labute approximate surface area is 217 Å². The number of fused-ring (bicyclic) bond motifs is 1. The number of hydrogen-bond acceptors (Lipinski definition) is 7. The molecule has 0 radical (unpaired) electrons. The molecule has 1 aliphatic carbocycles. The Bertz CT molecular complexity index is 1490. The zero-order valence-electron chi connectivity index (χ0n) is 21.1. The van der Waals surface area contributed by atoms with Crippen LogP contribution in [0.25, 0.3) is 16.8 Å². The van der Waals surface area contributed by atoms with E-state index in [1.54, 1.807) is 30.5 Å². The molecule has 0 saturated heterocycles. The number of benzene rings is 2. The molecule has 8 nitrogen and oxygen atoms in total. The predicted molar refractivity (Wildman–Crippen MR) is 143 cm³/mol. The molecule has 0 atom stereocenters. The Kier molecular flexibility index (Phi) is 7.17. The molecule has 194 valence electrons. The highest BCUT2D eigenvalue weighted by Gasteiger charge is 2.35. The number of rotatable bonds is 10. The average Bonchev–Trinajstić information content (AvgIpc) is 3.24. The van der Waals surface area contributed by atoms with Gasteiger partial charge in [0.1, 0.15) is 28.6 Å². The number of aromatic nitrogens is 3. The van der Waals surface area contributed by atoms with Crippen molar-refractivity contribution in [2.45, 2.75) is 50.3 Å². The van der Waals surface area contributed by atoms with Crippen molar-refractivity contribution in [1.82, 2.24) is 14.4 Å². The summed E-state index contributed by atoms with van der Waals surface area (Å²) in [6, 6.07) is 14.6. The van der Waals surface area contributed by atoms with Gasteiger partial charge in [-0.1, -0.05) is 43.2 Å². The van der Waals surface area contributed by atoms with Crippen LogP contribution in [0.15, 0.2) is 65.8 Å². The van der Waals surface area contributed by atoms with E-state index in [-0.39, 0.29) is 23.3 Å². The summed E-state index contributed by atoms with van der Waals surface area (Å²) in [5.74, 6) is 2.41. The first-order valence-corrected chi connectivity index (χ1v) is 14.1. The number of nitrogens with two attached hydrogens (primary N) is 1. The molecular weight excluding hydrogens is 488 g/mol. The first-order chi connectivity index (χ1) is 17.9. The smallest absolute Gasteiger partial charge is 0.296 e. The standard InChI is InChI=1S/C28H32N4O4S/c1-3-4-14-35-23-7-5-6-21(17-23)25-26-27(29)30-12-13-32(26)28(31-25)22-15-20(16-22)18-36-37(33,34)24-10-8-19(2)9-11-24/h5-13,17,20,22H,3-4,14-16,18H2,1-2H3,(H2,29,30). The molecule has 2 aromatic heterocycles. The summed E-state index contributed by atoms with van der Waals surface area (Å²) in [6.07, 6.45) is 7.19. The number of aryl methyl sites for hydroxylation is 1. The molecule has 2 heterocycles. The lowest BCUT2D eigenvalue weighted by atomic mass is 9.75. The molecule has 1 aliphatic rings. The molecule has 5 rings (SSSR count). The van der Waals surface area contributed by atoms with Gasteiger partial charge in [0.2, 0.25) is 0 Å². The average molecular weight is 521 g/mol. The van der Waals surface area contributed by atoms with Crippen molar-refractivity contribution in [3.8, 4) is 17.0 Å². The molecule has 0 aliphatic heterocycles. The molecular formula is C28H32N4O4S. The van der Waals surface area contributed by atoms with Gasteiger partial charge in [-0.05, 0) is 56.4 Å². The van der Waals surface area contributed by atoms with Gasteiger partial charge in [0.15, 0.2) is 0 Å². The molecule has 2 N–H and O–H groups in total. The molecule has 37 heavy (non-hydrogen) atoms. The normalized spacial score (nSPS) is 17.6. The van der Waals surface area contributed by atoms with Crippen molar-refractivity contribution >= 4 is 21.5 Å². The molecule has 0 bridgehead atoms. The van der Waals surface area contributed by atoms with Crippen molar-refractivity contribution in [3.05, 3.63) is 72.3 Å². The molecule has 9 heteroatoms. The molecule has 0 amide bonds. The summed E-state index contributed by atoms with van der Waals surface area (Å²) in [6.45, 7) is 4.88. The van der Waals surface area contributed by atoms with Crippen molar-refractivity contribution in [2.24, 2.45) is 5.92 Å². The van der Waals surface area contributed by atoms with Gasteiger partial charge in [0.25, 0.3) is 10.1 Å². The summed E-state index contributed by atoms with van der Waals surface area (Å²) in [4.78, 5) is 9.49. The lowest BCUT2D eigenvalue weighted by Gasteiger charge is -2.34. The van der Waals surface area contributed by atoms with E-state index in [2.05, 4.69) is 11.9 Å². The van der Waals surface area contributed by atoms with Gasteiger partial charge in [0.05, 0.1) is 18.1 Å². The molecule has 0 spiro atoms. The highest BCUT2D eigenvalue weighted by atomic mass is 32.2. The van der Waals surface area contributed by atoms with Gasteiger partial charge < -0.3 is 10.5 Å². The second-order valence-corrected chi connectivity index (χ2v) is 11.3. The van der Waals surface area contributed by atoms with Gasteiger partial charge in [-0.2, -0.15) is 8.42 Å². The lowest BCUT2D eigenvalue weighted by Crippen LogP contribution is -2.28. The van der Waals surface area contributed by atoms with E-state index < -0.39 is 10.1 Å². The summed E-state index contributed by atoms with van der Waals surface area (Å²) in [5, 5.41) is 0. The maximum atomic E-state index is 12.6. The minimum Gasteiger partial charge on any atom is -0.494 e. The van der Waals surface area contributed by atoms with Gasteiger partial charge in [-0.3, -0.25) is 8.58 Å². The van der Waals surface area contributed by atoms with Crippen LogP contribution in [0.5, 0.6) is 5.75 Å². The van der Waals surface area contributed by atoms with Crippen molar-refractivity contribution in [2.75, 3.05) is 18.9 Å². The van der Waals surface area contributed by atoms with E-state index in [4.69, 9.17) is 19.6 Å². The summed E-state index contributed by atoms with van der Waals surface area (Å²) in [5.41, 5.74) is 9.75. The number of unbranched alkanes of at least 4 members (excludes halogenated alkanes) is 1. The van der Waals surface area contributed by atoms with Crippen LogP contribution in [-0.4, -0.2) is 36.0 Å². The number of ether oxygens (including phenoxy) is 1. The Balaban J connectivity index is 1.32. The summed E-state index contributed by atoms with van der Waals surface area (Å²) < 4.78 is 38.4. The highest BCUT2D eigenvalue weighted by molar-refractivity contribution is 7.86. The van der Waals surface area contributed by atoms with E-state index in [9.17, 15) is 8.42 Å². The largest absolute Gasteiger partial charge is 0.494 e. The van der Waals surface area contributed by atoms with Crippen LogP contribution in [0.2, 0.25) is 0 Å². The number of hydrogen-bond donors (Lipinski definition) is 1. The van der Waals surface area contributed by atoms with Crippen LogP contribution in [0.1, 0.15) is 49.9 Å². The quantitative estimate of drug-likeness (QED) is 0.221. The third kappa shape index (κ3) is 5.33. The predicted octanol–water partition coefficient (Wildman–Crippen LogP) is 5.36. The first-order valence-electron chi connectivity index (χ1n) is 12.7. The Hall–Kier alpha value is -3.43. The van der Waals surface area contributed by atoms with Crippen LogP contribution in [-0.2, 0) is 14.3 Å². The minimum absolute atomic E-state index is 0.135. The molecule has 2 aromatic carbocycles. The number of imidazole rings is 1. The van der Waals surface area contributed by atoms with Gasteiger partial charge in [-0.25, -0.2) is 9.97 Å². The van der Waals surface area contributed by atoms with Crippen LogP contribution in [0.3, 0.4) is 0 Å². The zero-order chi connectivity index (χ0) is 26.0. The van der Waals surface area contributed by atoms with Crippen molar-refractivity contribution < 1.29 is 17.3 Å². The molecule has 1 fully saturated rings. The Morgan fingerprint density at radius 1 is 1.14 bits per heavy atom. The van der Waals surface area contributed by atoms with Gasteiger partial charge in [-0.15, -0.1) is 0 Å². The molecule has 0 unspecified atom stereocenters. The van der Waals surface area contributed by atoms with E-state index in [0.29, 0.717) is 12.4 Å². The number of nitrogen functional groups attached to an aromatic ring is 1. The third-order valence-electron chi connectivity index (χ3n) is 6.85. The topological polar surface area (TPSA) is 109 Å². The van der Waals surface area contributed by atoms with Crippen LogP contribution < -0.4 is 10.5 Å². The highest BCUT2D eigenvalue weighted by Crippen LogP contribution is 2.43. The fraction of sp³-hybridized carbons (Fsp3) is 0.357. The van der Waals surface area contributed by atoms with E-state index in [1.807, 2.05) is 41.8 Å². The molecule has 4 aromatic rings. The van der Waals surface area contributed by atoms with Crippen LogP contribution in [0, 0.1) is 12.8 Å². The SMILES string of the molecule is CCCCOc1cccc(-c2nc(C3CC(COS(=O)(=O)c4ccc(C)cc4)C3)n3ccnc(N)c23)c1. The van der Waals surface area contributed by atoms with E-state index in [1.165, 1.54) is 0 Å². The van der Waals surface area contributed by atoms with E-state index in [0.717, 1.165) is 59.6 Å². The van der Waals surface area contributed by atoms with Crippen molar-refractivity contribution in [1.29, 1.82) is 0 Å². The van der Waals surface area contributed by atoms with Gasteiger partial charge >= 0.3 is 0 Å². The third-order valence-corrected chi connectivity index (χ3v) is 8.15. The maximum absolute atomic E-state index is 12.6. The summed E-state index contributed by atoms with van der Waals surface area (Å²) in [7, 11) is -3.77. The number of anilines is 1. The second-order valence-electron chi connectivity index (χ2n) is 9.67. The molecule has 1 saturated carbocycles. The fourth-order valence-electron chi connectivity index (χ4n) is 4.69. The van der Waals surface area contributed by atoms with Crippen LogP contribution >= 0.6 is 0 Å². The number of nitrogens with zero attached hydrogens (tertiary/aromatic N) is 3. The monoisotopic (exact) mass is 520 g/mol. The zero-order valence-corrected chi connectivity index (χ0v) is 21.9. The minimum atomic E-state index is -3.77. The second kappa shape index (κ2) is 10.5.